The van der Waals surface area contributed by atoms with Crippen LogP contribution in [0.3, 0.4) is 0 Å². The van der Waals surface area contributed by atoms with Crippen LogP contribution in [-0.2, 0) is 4.79 Å². The van der Waals surface area contributed by atoms with E-state index in [1.165, 1.54) is 15.9 Å². The maximum atomic E-state index is 13.0. The number of rotatable bonds is 8. The summed E-state index contributed by atoms with van der Waals surface area (Å²) in [5, 5.41) is 3.84. The highest BCUT2D eigenvalue weighted by Gasteiger charge is 2.46. The Bertz CT molecular complexity index is 716. The Balaban J connectivity index is 2.19. The van der Waals surface area contributed by atoms with Crippen molar-refractivity contribution in [2.24, 2.45) is 0 Å². The molecule has 0 unspecified atom stereocenters. The van der Waals surface area contributed by atoms with E-state index >= 15 is 0 Å². The van der Waals surface area contributed by atoms with Gasteiger partial charge in [-0.2, -0.15) is 0 Å². The highest BCUT2D eigenvalue weighted by Crippen LogP contribution is 2.55. The Morgan fingerprint density at radius 2 is 1.08 bits per heavy atom. The zero-order valence-corrected chi connectivity index (χ0v) is 16.2. The Labute approximate surface area is 157 Å². The number of hydrogen-bond donors (Lipinski definition) is 0. The minimum atomic E-state index is -2.00. The maximum Gasteiger partial charge on any atom is 0.171 e. The summed E-state index contributed by atoms with van der Waals surface area (Å²) >= 11 is 0. The second-order valence-corrected chi connectivity index (χ2v) is 10.1. The first-order chi connectivity index (χ1) is 12.8. The van der Waals surface area contributed by atoms with E-state index in [1.807, 2.05) is 18.2 Å². The summed E-state index contributed by atoms with van der Waals surface area (Å²) in [4.78, 5) is 13.0. The summed E-state index contributed by atoms with van der Waals surface area (Å²) < 4.78 is 0. The van der Waals surface area contributed by atoms with E-state index in [0.717, 1.165) is 12.8 Å². The van der Waals surface area contributed by atoms with Crippen LogP contribution < -0.4 is 15.9 Å². The molecular weight excluding hydrogens is 335 g/mol. The molecule has 0 aliphatic carbocycles. The minimum Gasteiger partial charge on any atom is -0.296 e. The number of unbranched alkanes of at least 4 members (excludes halogenated alkanes) is 1. The summed E-state index contributed by atoms with van der Waals surface area (Å²) in [5.74, 6) is 0.372. The molecule has 0 radical (unpaired) electrons. The number of benzene rings is 3. The van der Waals surface area contributed by atoms with Gasteiger partial charge in [0.15, 0.2) is 5.78 Å². The maximum absolute atomic E-state index is 13.0. The first-order valence-corrected chi connectivity index (χ1v) is 11.3. The van der Waals surface area contributed by atoms with E-state index in [9.17, 15) is 4.79 Å². The molecule has 0 aliphatic rings. The molecule has 0 fully saturated rings. The number of ketones is 1. The van der Waals surface area contributed by atoms with Gasteiger partial charge in [-0.15, -0.1) is 0 Å². The van der Waals surface area contributed by atoms with Crippen LogP contribution in [0.15, 0.2) is 91.0 Å². The highest BCUT2D eigenvalue weighted by molar-refractivity contribution is 7.96. The van der Waals surface area contributed by atoms with E-state index < -0.39 is 7.26 Å². The van der Waals surface area contributed by atoms with Gasteiger partial charge < -0.3 is 0 Å². The standard InChI is InChI=1S/C24H26OP/c1-2-3-13-21(25)20-26(22-14-7-4-8-15-22,23-16-9-5-10-17-23)24-18-11-6-12-19-24/h4-12,14-19H,2-3,13,20H2,1H3/q+1. The molecule has 1 nitrogen and oxygen atoms in total. The lowest BCUT2D eigenvalue weighted by molar-refractivity contribution is -0.116. The van der Waals surface area contributed by atoms with Crippen molar-refractivity contribution >= 4 is 29.0 Å². The van der Waals surface area contributed by atoms with Crippen LogP contribution in [-0.4, -0.2) is 11.9 Å². The van der Waals surface area contributed by atoms with Crippen molar-refractivity contribution in [2.45, 2.75) is 26.2 Å². The molecule has 0 amide bonds. The third-order valence-electron chi connectivity index (χ3n) is 4.81. The topological polar surface area (TPSA) is 17.1 Å². The summed E-state index contributed by atoms with van der Waals surface area (Å²) in [6.07, 6.45) is 3.30. The van der Waals surface area contributed by atoms with E-state index in [0.29, 0.717) is 18.4 Å². The largest absolute Gasteiger partial charge is 0.296 e. The Hall–Kier alpha value is -2.24. The Morgan fingerprint density at radius 1 is 0.692 bits per heavy atom. The molecule has 3 aromatic rings. The molecule has 0 spiro atoms. The van der Waals surface area contributed by atoms with Crippen molar-refractivity contribution < 1.29 is 4.79 Å². The molecular formula is C24H26OP+. The van der Waals surface area contributed by atoms with Crippen LogP contribution in [0.2, 0.25) is 0 Å². The number of hydrogen-bond acceptors (Lipinski definition) is 1. The molecule has 3 aromatic carbocycles. The molecule has 132 valence electrons. The fourth-order valence-corrected chi connectivity index (χ4v) is 7.66. The van der Waals surface area contributed by atoms with E-state index in [4.69, 9.17) is 0 Å². The lowest BCUT2D eigenvalue weighted by Gasteiger charge is -2.27. The van der Waals surface area contributed by atoms with Crippen LogP contribution in [0.25, 0.3) is 0 Å². The van der Waals surface area contributed by atoms with Crippen molar-refractivity contribution in [1.82, 2.24) is 0 Å². The van der Waals surface area contributed by atoms with Gasteiger partial charge in [-0.3, -0.25) is 4.79 Å². The SMILES string of the molecule is CCCCC(=O)C[P+](c1ccccc1)(c1ccccc1)c1ccccc1. The molecule has 0 saturated heterocycles. The summed E-state index contributed by atoms with van der Waals surface area (Å²) in [7, 11) is -2.00. The van der Waals surface area contributed by atoms with E-state index in [1.54, 1.807) is 0 Å². The van der Waals surface area contributed by atoms with Gasteiger partial charge in [0.05, 0.1) is 0 Å². The van der Waals surface area contributed by atoms with Gasteiger partial charge in [0, 0.05) is 6.42 Å². The van der Waals surface area contributed by atoms with Gasteiger partial charge in [-0.1, -0.05) is 67.9 Å². The lowest BCUT2D eigenvalue weighted by Crippen LogP contribution is -2.35. The van der Waals surface area contributed by atoms with Gasteiger partial charge in [0.2, 0.25) is 0 Å². The van der Waals surface area contributed by atoms with Crippen LogP contribution in [0.1, 0.15) is 26.2 Å². The lowest BCUT2D eigenvalue weighted by atomic mass is 10.2. The van der Waals surface area contributed by atoms with Crippen LogP contribution in [0, 0.1) is 0 Å². The molecule has 0 saturated carbocycles. The molecule has 0 N–H and O–H groups in total. The quantitative estimate of drug-likeness (QED) is 0.530. The fraction of sp³-hybridized carbons (Fsp3) is 0.208. The second kappa shape index (κ2) is 8.92. The van der Waals surface area contributed by atoms with Crippen molar-refractivity contribution in [3.8, 4) is 0 Å². The van der Waals surface area contributed by atoms with E-state index in [-0.39, 0.29) is 0 Å². The third-order valence-corrected chi connectivity index (χ3v) is 9.18. The smallest absolute Gasteiger partial charge is 0.171 e. The zero-order chi connectivity index (χ0) is 18.2. The van der Waals surface area contributed by atoms with Crippen molar-refractivity contribution in [1.29, 1.82) is 0 Å². The highest BCUT2D eigenvalue weighted by atomic mass is 31.2. The summed E-state index contributed by atoms with van der Waals surface area (Å²) in [6, 6.07) is 31.9. The van der Waals surface area contributed by atoms with Gasteiger partial charge in [0.25, 0.3) is 0 Å². The summed E-state index contributed by atoms with van der Waals surface area (Å²) in [6.45, 7) is 2.14. The molecule has 26 heavy (non-hydrogen) atoms. The number of Topliss-reactive ketones (excluding diaryl/α,β-unsaturated/α-hetero) is 1. The van der Waals surface area contributed by atoms with Crippen LogP contribution >= 0.6 is 7.26 Å². The molecule has 3 rings (SSSR count). The molecule has 0 aliphatic heterocycles. The van der Waals surface area contributed by atoms with Crippen LogP contribution in [0.4, 0.5) is 0 Å². The van der Waals surface area contributed by atoms with Crippen molar-refractivity contribution in [3.63, 3.8) is 0 Å². The van der Waals surface area contributed by atoms with Gasteiger partial charge in [-0.05, 0) is 42.8 Å². The third kappa shape index (κ3) is 3.94. The molecule has 0 heterocycles. The molecule has 0 atom stereocenters. The predicted octanol–water partition coefficient (Wildman–Crippen LogP) is 4.74. The molecule has 0 bridgehead atoms. The first kappa shape index (κ1) is 18.5. The number of carbonyl (C=O) groups excluding carboxylic acids is 1. The predicted molar refractivity (Wildman–Crippen MR) is 115 cm³/mol. The normalized spacial score (nSPS) is 11.3. The number of carbonyl (C=O) groups is 1. The van der Waals surface area contributed by atoms with E-state index in [2.05, 4.69) is 79.7 Å². The average molecular weight is 361 g/mol. The fourth-order valence-electron chi connectivity index (χ4n) is 3.49. The van der Waals surface area contributed by atoms with Crippen LogP contribution in [0.5, 0.6) is 0 Å². The van der Waals surface area contributed by atoms with Gasteiger partial charge in [0.1, 0.15) is 29.3 Å². The van der Waals surface area contributed by atoms with Crippen molar-refractivity contribution in [2.75, 3.05) is 6.16 Å². The Kier molecular flexibility index (Phi) is 6.36. The minimum absolute atomic E-state index is 0.372. The average Bonchev–Trinajstić information content (AvgIpc) is 2.72. The first-order valence-electron chi connectivity index (χ1n) is 9.34. The second-order valence-electron chi connectivity index (χ2n) is 6.62. The molecule has 2 heteroatoms. The monoisotopic (exact) mass is 361 g/mol. The Morgan fingerprint density at radius 3 is 1.42 bits per heavy atom. The van der Waals surface area contributed by atoms with Gasteiger partial charge in [-0.25, -0.2) is 0 Å². The zero-order valence-electron chi connectivity index (χ0n) is 15.3. The molecule has 0 aromatic heterocycles. The summed E-state index contributed by atoms with van der Waals surface area (Å²) in [5.41, 5.74) is 0. The van der Waals surface area contributed by atoms with Crippen molar-refractivity contribution in [3.05, 3.63) is 91.0 Å². The van der Waals surface area contributed by atoms with Gasteiger partial charge >= 0.3 is 0 Å².